The first kappa shape index (κ1) is 13.9. The summed E-state index contributed by atoms with van der Waals surface area (Å²) in [6.45, 7) is 0. The van der Waals surface area contributed by atoms with Crippen LogP contribution < -0.4 is 0 Å². The monoisotopic (exact) mass is 422 g/mol. The van der Waals surface area contributed by atoms with Crippen molar-refractivity contribution in [3.8, 4) is 0 Å². The molecule has 0 aromatic heterocycles. The van der Waals surface area contributed by atoms with Gasteiger partial charge in [-0.15, -0.1) is 0 Å². The molecule has 0 heterocycles. The van der Waals surface area contributed by atoms with Gasteiger partial charge in [-0.1, -0.05) is 40.2 Å². The summed E-state index contributed by atoms with van der Waals surface area (Å²) in [5, 5.41) is 0. The maximum atomic E-state index is 13.6. The van der Waals surface area contributed by atoms with Gasteiger partial charge in [0, 0.05) is 14.5 Å². The van der Waals surface area contributed by atoms with Crippen LogP contribution in [0.3, 0.4) is 0 Å². The van der Waals surface area contributed by atoms with Crippen molar-refractivity contribution in [3.63, 3.8) is 0 Å². The van der Waals surface area contributed by atoms with Crippen molar-refractivity contribution in [2.45, 2.75) is 11.2 Å². The van der Waals surface area contributed by atoms with E-state index in [-0.39, 0.29) is 4.83 Å². The third-order valence-corrected chi connectivity index (χ3v) is 4.46. The predicted molar refractivity (Wildman–Crippen MR) is 80.9 cm³/mol. The fourth-order valence-corrected chi connectivity index (χ4v) is 3.66. The molecule has 0 nitrogen and oxygen atoms in total. The lowest BCUT2D eigenvalue weighted by molar-refractivity contribution is 0.571. The highest BCUT2D eigenvalue weighted by Gasteiger charge is 2.14. The molecule has 0 aliphatic heterocycles. The molecule has 0 aliphatic carbocycles. The van der Waals surface area contributed by atoms with E-state index in [4.69, 9.17) is 0 Å². The van der Waals surface area contributed by atoms with Crippen LogP contribution in [-0.4, -0.2) is 0 Å². The Morgan fingerprint density at radius 1 is 1.11 bits per heavy atom. The zero-order valence-corrected chi connectivity index (χ0v) is 13.1. The first-order valence-corrected chi connectivity index (χ1v) is 7.40. The van der Waals surface area contributed by atoms with Crippen LogP contribution in [0.4, 0.5) is 8.78 Å². The van der Waals surface area contributed by atoms with E-state index in [1.165, 1.54) is 12.1 Å². The summed E-state index contributed by atoms with van der Waals surface area (Å²) in [6.07, 6.45) is 0.492. The molecule has 0 N–H and O–H groups in total. The van der Waals surface area contributed by atoms with E-state index in [0.29, 0.717) is 12.0 Å². The minimum Gasteiger partial charge on any atom is -0.207 e. The Kier molecular flexibility index (Phi) is 4.72. The van der Waals surface area contributed by atoms with Crippen LogP contribution >= 0.6 is 38.5 Å². The van der Waals surface area contributed by atoms with Crippen molar-refractivity contribution in [2.75, 3.05) is 0 Å². The van der Waals surface area contributed by atoms with Crippen molar-refractivity contribution in [1.29, 1.82) is 0 Å². The lowest BCUT2D eigenvalue weighted by Gasteiger charge is -2.12. The number of alkyl halides is 1. The lowest BCUT2D eigenvalue weighted by atomic mass is 10.0. The molecule has 2 rings (SSSR count). The van der Waals surface area contributed by atoms with Crippen molar-refractivity contribution in [1.82, 2.24) is 0 Å². The van der Waals surface area contributed by atoms with Crippen LogP contribution in [0.25, 0.3) is 0 Å². The minimum absolute atomic E-state index is 0.0190. The van der Waals surface area contributed by atoms with Gasteiger partial charge in [0.15, 0.2) is 0 Å². The summed E-state index contributed by atoms with van der Waals surface area (Å²) in [5.74, 6) is -1.04. The fourth-order valence-electron chi connectivity index (χ4n) is 1.72. The molecule has 0 fully saturated rings. The SMILES string of the molecule is Fc1ccc(CC(Br)c2ccccc2I)c(F)c1. The normalized spacial score (nSPS) is 12.4. The molecule has 0 amide bonds. The van der Waals surface area contributed by atoms with Gasteiger partial charge in [-0.2, -0.15) is 0 Å². The van der Waals surface area contributed by atoms with Crippen LogP contribution in [0.15, 0.2) is 42.5 Å². The van der Waals surface area contributed by atoms with Crippen molar-refractivity contribution < 1.29 is 8.78 Å². The van der Waals surface area contributed by atoms with Gasteiger partial charge in [-0.05, 0) is 52.3 Å². The zero-order valence-electron chi connectivity index (χ0n) is 9.34. The van der Waals surface area contributed by atoms with Crippen LogP contribution in [-0.2, 0) is 6.42 Å². The minimum atomic E-state index is -0.545. The van der Waals surface area contributed by atoms with E-state index >= 15 is 0 Å². The zero-order chi connectivity index (χ0) is 13.1. The molecule has 1 atom stereocenters. The molecule has 2 aromatic carbocycles. The molecule has 0 aliphatic rings. The summed E-state index contributed by atoms with van der Waals surface area (Å²) in [7, 11) is 0. The second-order valence-electron chi connectivity index (χ2n) is 3.93. The standard InChI is InChI=1S/C14H10BrF2I/c15-12(11-3-1-2-4-14(11)18)7-9-5-6-10(16)8-13(9)17/h1-6,8,12H,7H2. The van der Waals surface area contributed by atoms with Crippen molar-refractivity contribution in [3.05, 3.63) is 68.8 Å². The molecule has 4 heteroatoms. The summed E-state index contributed by atoms with van der Waals surface area (Å²) in [4.78, 5) is 0.0190. The quantitative estimate of drug-likeness (QED) is 0.468. The number of benzene rings is 2. The Balaban J connectivity index is 2.21. The summed E-state index contributed by atoms with van der Waals surface area (Å²) < 4.78 is 27.5. The molecular formula is C14H10BrF2I. The third kappa shape index (κ3) is 3.29. The maximum Gasteiger partial charge on any atom is 0.129 e. The third-order valence-electron chi connectivity index (χ3n) is 2.66. The van der Waals surface area contributed by atoms with Crippen molar-refractivity contribution >= 4 is 38.5 Å². The Hall–Kier alpha value is -0.490. The van der Waals surface area contributed by atoms with Crippen LogP contribution in [0.5, 0.6) is 0 Å². The Morgan fingerprint density at radius 2 is 1.83 bits per heavy atom. The van der Waals surface area contributed by atoms with Gasteiger partial charge in [-0.25, -0.2) is 8.78 Å². The molecule has 0 saturated heterocycles. The first-order chi connectivity index (χ1) is 8.58. The number of hydrogen-bond donors (Lipinski definition) is 0. The molecule has 0 spiro atoms. The van der Waals surface area contributed by atoms with Gasteiger partial charge in [0.25, 0.3) is 0 Å². The van der Waals surface area contributed by atoms with Gasteiger partial charge in [0.1, 0.15) is 11.6 Å². The molecule has 1 unspecified atom stereocenters. The highest BCUT2D eigenvalue weighted by molar-refractivity contribution is 14.1. The van der Waals surface area contributed by atoms with E-state index in [9.17, 15) is 8.78 Å². The average Bonchev–Trinajstić information content (AvgIpc) is 2.33. The highest BCUT2D eigenvalue weighted by atomic mass is 127. The van der Waals surface area contributed by atoms with E-state index in [2.05, 4.69) is 38.5 Å². The van der Waals surface area contributed by atoms with E-state index in [0.717, 1.165) is 15.2 Å². The summed E-state index contributed by atoms with van der Waals surface area (Å²) in [5.41, 5.74) is 1.62. The molecule has 0 radical (unpaired) electrons. The number of rotatable bonds is 3. The Bertz CT molecular complexity index is 557. The van der Waals surface area contributed by atoms with E-state index < -0.39 is 11.6 Å². The van der Waals surface area contributed by atoms with Crippen LogP contribution in [0, 0.1) is 15.2 Å². The van der Waals surface area contributed by atoms with Gasteiger partial charge in [0.05, 0.1) is 0 Å². The number of hydrogen-bond acceptors (Lipinski definition) is 0. The molecule has 0 saturated carbocycles. The molecule has 0 bridgehead atoms. The van der Waals surface area contributed by atoms with Gasteiger partial charge in [-0.3, -0.25) is 0 Å². The second-order valence-corrected chi connectivity index (χ2v) is 6.20. The van der Waals surface area contributed by atoms with Crippen molar-refractivity contribution in [2.24, 2.45) is 0 Å². The Morgan fingerprint density at radius 3 is 2.50 bits per heavy atom. The van der Waals surface area contributed by atoms with Gasteiger partial charge < -0.3 is 0 Å². The maximum absolute atomic E-state index is 13.6. The van der Waals surface area contributed by atoms with Gasteiger partial charge in [0.2, 0.25) is 0 Å². The number of halogens is 4. The predicted octanol–water partition coefficient (Wildman–Crippen LogP) is 5.25. The highest BCUT2D eigenvalue weighted by Crippen LogP contribution is 2.31. The first-order valence-electron chi connectivity index (χ1n) is 5.40. The Labute approximate surface area is 127 Å². The van der Waals surface area contributed by atoms with E-state index in [1.54, 1.807) is 0 Å². The summed E-state index contributed by atoms with van der Waals surface area (Å²) >= 11 is 5.81. The summed E-state index contributed by atoms with van der Waals surface area (Å²) in [6, 6.07) is 11.6. The smallest absolute Gasteiger partial charge is 0.129 e. The van der Waals surface area contributed by atoms with Crippen LogP contribution in [0.2, 0.25) is 0 Å². The van der Waals surface area contributed by atoms with E-state index in [1.807, 2.05) is 24.3 Å². The molecular weight excluding hydrogens is 413 g/mol. The molecule has 94 valence electrons. The van der Waals surface area contributed by atoms with Gasteiger partial charge >= 0.3 is 0 Å². The largest absolute Gasteiger partial charge is 0.207 e. The lowest BCUT2D eigenvalue weighted by Crippen LogP contribution is -2.00. The fraction of sp³-hybridized carbons (Fsp3) is 0.143. The molecule has 18 heavy (non-hydrogen) atoms. The average molecular weight is 423 g/mol. The second kappa shape index (κ2) is 6.10. The topological polar surface area (TPSA) is 0 Å². The molecule has 2 aromatic rings. The van der Waals surface area contributed by atoms with Crippen LogP contribution in [0.1, 0.15) is 16.0 Å².